The second-order valence-electron chi connectivity index (χ2n) is 5.61. The second kappa shape index (κ2) is 7.30. The number of rotatable bonds is 5. The topological polar surface area (TPSA) is 36.2 Å². The molecule has 0 aliphatic carbocycles. The average molecular weight is 326 g/mol. The van der Waals surface area contributed by atoms with Crippen molar-refractivity contribution in [2.75, 3.05) is 0 Å². The van der Waals surface area contributed by atoms with Gasteiger partial charge in [0.05, 0.1) is 5.69 Å². The van der Waals surface area contributed by atoms with Crippen LogP contribution in [-0.4, -0.2) is 11.9 Å². The van der Waals surface area contributed by atoms with Gasteiger partial charge in [0.25, 0.3) is 0 Å². The predicted molar refractivity (Wildman–Crippen MR) is 96.6 cm³/mol. The van der Waals surface area contributed by atoms with E-state index in [-0.39, 0.29) is 5.56 Å². The third-order valence-electron chi connectivity index (χ3n) is 3.96. The van der Waals surface area contributed by atoms with Crippen molar-refractivity contribution in [3.05, 3.63) is 65.2 Å². The molecule has 0 bridgehead atoms. The van der Waals surface area contributed by atoms with E-state index in [1.54, 1.807) is 19.9 Å². The van der Waals surface area contributed by atoms with Crippen LogP contribution in [0.4, 0.5) is 14.5 Å². The summed E-state index contributed by atoms with van der Waals surface area (Å²) in [5.74, 6) is -1.10. The van der Waals surface area contributed by atoms with Gasteiger partial charge in [-0.25, -0.2) is 8.78 Å². The van der Waals surface area contributed by atoms with Gasteiger partial charge >= 0.3 is 0 Å². The van der Waals surface area contributed by atoms with Gasteiger partial charge in [-0.15, -0.1) is 0 Å². The lowest BCUT2D eigenvalue weighted by atomic mass is 9.98. The maximum Gasteiger partial charge on any atom is 0.129 e. The SMILES string of the molecule is C=C(C=N)C(C)=Nc1c(C)cccc1-c1cc(F)c(CC)c(F)c1. The molecule has 4 heteroatoms. The van der Waals surface area contributed by atoms with E-state index in [9.17, 15) is 8.78 Å². The molecule has 0 aliphatic rings. The Bertz CT molecular complexity index is 813. The fourth-order valence-electron chi connectivity index (χ4n) is 2.48. The van der Waals surface area contributed by atoms with Gasteiger partial charge in [-0.3, -0.25) is 4.99 Å². The van der Waals surface area contributed by atoms with E-state index in [0.717, 1.165) is 11.8 Å². The molecule has 0 saturated carbocycles. The number of hydrogen-bond donors (Lipinski definition) is 1. The minimum atomic E-state index is -0.551. The first kappa shape index (κ1) is 17.7. The highest BCUT2D eigenvalue weighted by Gasteiger charge is 2.14. The first-order valence-electron chi connectivity index (χ1n) is 7.72. The molecule has 0 radical (unpaired) electrons. The molecule has 24 heavy (non-hydrogen) atoms. The molecule has 0 spiro atoms. The maximum absolute atomic E-state index is 14.2. The summed E-state index contributed by atoms with van der Waals surface area (Å²) in [6.07, 6.45) is 1.43. The molecule has 2 aromatic carbocycles. The Morgan fingerprint density at radius 2 is 1.88 bits per heavy atom. The molecule has 1 N–H and O–H groups in total. The number of para-hydroxylation sites is 1. The van der Waals surface area contributed by atoms with Crippen molar-refractivity contribution >= 4 is 17.6 Å². The van der Waals surface area contributed by atoms with Crippen molar-refractivity contribution in [3.63, 3.8) is 0 Å². The number of allylic oxidation sites excluding steroid dienone is 1. The quantitative estimate of drug-likeness (QED) is 0.674. The van der Waals surface area contributed by atoms with Crippen LogP contribution in [0.2, 0.25) is 0 Å². The van der Waals surface area contributed by atoms with Crippen LogP contribution in [0.3, 0.4) is 0 Å². The fourth-order valence-corrected chi connectivity index (χ4v) is 2.48. The van der Waals surface area contributed by atoms with Crippen LogP contribution in [0.5, 0.6) is 0 Å². The third-order valence-corrected chi connectivity index (χ3v) is 3.96. The highest BCUT2D eigenvalue weighted by Crippen LogP contribution is 2.35. The summed E-state index contributed by atoms with van der Waals surface area (Å²) >= 11 is 0. The Morgan fingerprint density at radius 1 is 1.25 bits per heavy atom. The van der Waals surface area contributed by atoms with Crippen LogP contribution in [0.25, 0.3) is 11.1 Å². The van der Waals surface area contributed by atoms with Gasteiger partial charge in [-0.1, -0.05) is 31.7 Å². The van der Waals surface area contributed by atoms with Crippen LogP contribution in [0.1, 0.15) is 25.0 Å². The van der Waals surface area contributed by atoms with E-state index in [0.29, 0.717) is 34.5 Å². The molecule has 0 aliphatic heterocycles. The standard InChI is InChI=1S/C20H20F2N2/c1-5-16-18(21)9-15(10-19(16)22)17-8-6-7-12(2)20(17)24-14(4)13(3)11-23/h6-11,23H,3,5H2,1-2,4H3. The number of benzene rings is 2. The number of aryl methyl sites for hydroxylation is 1. The van der Waals surface area contributed by atoms with Crippen molar-refractivity contribution in [3.8, 4) is 11.1 Å². The molecular weight excluding hydrogens is 306 g/mol. The summed E-state index contributed by atoms with van der Waals surface area (Å²) < 4.78 is 28.3. The van der Waals surface area contributed by atoms with Gasteiger partial charge in [0.15, 0.2) is 0 Å². The molecule has 2 aromatic rings. The van der Waals surface area contributed by atoms with Crippen molar-refractivity contribution in [1.82, 2.24) is 0 Å². The van der Waals surface area contributed by atoms with Gasteiger partial charge in [-0.05, 0) is 43.5 Å². The lowest BCUT2D eigenvalue weighted by Gasteiger charge is -2.12. The first-order chi connectivity index (χ1) is 11.4. The maximum atomic E-state index is 14.2. The monoisotopic (exact) mass is 326 g/mol. The Kier molecular flexibility index (Phi) is 5.39. The smallest absolute Gasteiger partial charge is 0.129 e. The molecule has 2 nitrogen and oxygen atoms in total. The van der Waals surface area contributed by atoms with Crippen LogP contribution >= 0.6 is 0 Å². The molecule has 0 atom stereocenters. The summed E-state index contributed by atoms with van der Waals surface area (Å²) in [4.78, 5) is 4.53. The normalized spacial score (nSPS) is 11.5. The minimum Gasteiger partial charge on any atom is -0.308 e. The molecule has 124 valence electrons. The summed E-state index contributed by atoms with van der Waals surface area (Å²) in [6.45, 7) is 9.12. The zero-order valence-electron chi connectivity index (χ0n) is 14.1. The average Bonchev–Trinajstić information content (AvgIpc) is 2.55. The van der Waals surface area contributed by atoms with Gasteiger partial charge in [-0.2, -0.15) is 0 Å². The number of hydrogen-bond acceptors (Lipinski definition) is 2. The number of nitrogens with one attached hydrogen (secondary N) is 1. The fraction of sp³-hybridized carbons (Fsp3) is 0.200. The lowest BCUT2D eigenvalue weighted by molar-refractivity contribution is 0.560. The van der Waals surface area contributed by atoms with Gasteiger partial charge in [0.2, 0.25) is 0 Å². The van der Waals surface area contributed by atoms with Crippen molar-refractivity contribution in [2.24, 2.45) is 4.99 Å². The van der Waals surface area contributed by atoms with E-state index >= 15 is 0 Å². The van der Waals surface area contributed by atoms with E-state index in [4.69, 9.17) is 5.41 Å². The van der Waals surface area contributed by atoms with E-state index < -0.39 is 11.6 Å². The first-order valence-corrected chi connectivity index (χ1v) is 7.72. The zero-order chi connectivity index (χ0) is 17.9. The van der Waals surface area contributed by atoms with E-state index in [2.05, 4.69) is 11.6 Å². The molecule has 0 amide bonds. The summed E-state index contributed by atoms with van der Waals surface area (Å²) in [5, 5.41) is 7.27. The van der Waals surface area contributed by atoms with Crippen LogP contribution in [0, 0.1) is 24.0 Å². The third kappa shape index (κ3) is 3.48. The van der Waals surface area contributed by atoms with E-state index in [1.165, 1.54) is 12.1 Å². The van der Waals surface area contributed by atoms with Crippen LogP contribution in [0.15, 0.2) is 47.5 Å². The largest absolute Gasteiger partial charge is 0.308 e. The zero-order valence-corrected chi connectivity index (χ0v) is 14.1. The highest BCUT2D eigenvalue weighted by molar-refractivity contribution is 6.14. The molecule has 0 unspecified atom stereocenters. The molecule has 0 heterocycles. The van der Waals surface area contributed by atoms with Gasteiger partial charge in [0, 0.05) is 28.6 Å². The number of halogens is 2. The van der Waals surface area contributed by atoms with Crippen molar-refractivity contribution in [1.29, 1.82) is 5.41 Å². The molecule has 0 fully saturated rings. The van der Waals surface area contributed by atoms with Gasteiger partial charge < -0.3 is 5.41 Å². The summed E-state index contributed by atoms with van der Waals surface area (Å²) in [5.41, 5.74) is 3.76. The molecule has 0 saturated heterocycles. The molecular formula is C20H20F2N2. The Morgan fingerprint density at radius 3 is 2.42 bits per heavy atom. The summed E-state index contributed by atoms with van der Waals surface area (Å²) in [6, 6.07) is 8.18. The Hall–Kier alpha value is -2.62. The number of aliphatic imine (C=N–C) groups is 1. The second-order valence-corrected chi connectivity index (χ2v) is 5.61. The molecule has 0 aromatic heterocycles. The van der Waals surface area contributed by atoms with Crippen molar-refractivity contribution in [2.45, 2.75) is 27.2 Å². The minimum absolute atomic E-state index is 0.0878. The van der Waals surface area contributed by atoms with Crippen molar-refractivity contribution < 1.29 is 8.78 Å². The van der Waals surface area contributed by atoms with Crippen LogP contribution < -0.4 is 0 Å². The van der Waals surface area contributed by atoms with Gasteiger partial charge in [0.1, 0.15) is 11.6 Å². The molecule has 2 rings (SSSR count). The highest BCUT2D eigenvalue weighted by atomic mass is 19.1. The predicted octanol–water partition coefficient (Wildman–Crippen LogP) is 5.80. The number of nitrogens with zero attached hydrogens (tertiary/aromatic N) is 1. The van der Waals surface area contributed by atoms with E-state index in [1.807, 2.05) is 19.1 Å². The Balaban J connectivity index is 2.67. The Labute approximate surface area is 141 Å². The summed E-state index contributed by atoms with van der Waals surface area (Å²) in [7, 11) is 0. The van der Waals surface area contributed by atoms with Crippen LogP contribution in [-0.2, 0) is 6.42 Å². The lowest BCUT2D eigenvalue weighted by Crippen LogP contribution is -1.98.